The second-order valence-corrected chi connectivity index (χ2v) is 6.75. The molecule has 0 aliphatic carbocycles. The van der Waals surface area contributed by atoms with E-state index in [9.17, 15) is 18.0 Å². The number of methoxy groups -OCH3 is 1. The summed E-state index contributed by atoms with van der Waals surface area (Å²) in [6.07, 6.45) is -1.40. The summed E-state index contributed by atoms with van der Waals surface area (Å²) in [5.41, 5.74) is 0.246. The lowest BCUT2D eigenvalue weighted by molar-refractivity contribution is -0.137. The molecule has 1 aliphatic rings. The number of piperidine rings is 1. The van der Waals surface area contributed by atoms with Crippen molar-refractivity contribution in [1.82, 2.24) is 15.2 Å². The van der Waals surface area contributed by atoms with Gasteiger partial charge in [-0.2, -0.15) is 13.2 Å². The van der Waals surface area contributed by atoms with Gasteiger partial charge in [0.15, 0.2) is 0 Å². The second-order valence-electron chi connectivity index (χ2n) is 6.75. The predicted octanol–water partition coefficient (Wildman–Crippen LogP) is 3.95. The Morgan fingerprint density at radius 2 is 1.86 bits per heavy atom. The highest BCUT2D eigenvalue weighted by Gasteiger charge is 2.38. The number of amides is 2. The molecule has 1 saturated heterocycles. The number of pyridine rings is 1. The largest absolute Gasteiger partial charge is 0.416 e. The first-order chi connectivity index (χ1) is 13.3. The highest BCUT2D eigenvalue weighted by atomic mass is 19.4. The minimum absolute atomic E-state index is 0.170. The van der Waals surface area contributed by atoms with E-state index in [1.54, 1.807) is 18.2 Å². The molecule has 1 aliphatic heterocycles. The minimum atomic E-state index is -4.36. The number of nitrogens with one attached hydrogen (secondary N) is 1. The van der Waals surface area contributed by atoms with Crippen molar-refractivity contribution >= 4 is 6.03 Å². The second kappa shape index (κ2) is 8.18. The van der Waals surface area contributed by atoms with Gasteiger partial charge in [-0.3, -0.25) is 4.98 Å². The molecule has 0 bridgehead atoms. The minimum Gasteiger partial charge on any atom is -0.372 e. The van der Waals surface area contributed by atoms with E-state index in [2.05, 4.69) is 10.3 Å². The fourth-order valence-corrected chi connectivity index (χ4v) is 3.37. The van der Waals surface area contributed by atoms with Gasteiger partial charge in [-0.1, -0.05) is 18.2 Å². The summed E-state index contributed by atoms with van der Waals surface area (Å²) in [7, 11) is 1.65. The van der Waals surface area contributed by atoms with Gasteiger partial charge in [-0.25, -0.2) is 4.79 Å². The summed E-state index contributed by atoms with van der Waals surface area (Å²) < 4.78 is 43.5. The molecule has 1 N–H and O–H groups in total. The zero-order valence-electron chi connectivity index (χ0n) is 15.5. The Morgan fingerprint density at radius 1 is 1.18 bits per heavy atom. The predicted molar refractivity (Wildman–Crippen MR) is 97.4 cm³/mol. The number of carbonyl (C=O) groups excluding carboxylic acids is 1. The van der Waals surface area contributed by atoms with E-state index in [1.807, 2.05) is 18.2 Å². The van der Waals surface area contributed by atoms with Crippen LogP contribution in [0.15, 0.2) is 48.7 Å². The number of carbonyl (C=O) groups is 1. The third kappa shape index (κ3) is 4.44. The zero-order valence-corrected chi connectivity index (χ0v) is 15.5. The molecule has 1 aromatic carbocycles. The maximum absolute atomic E-state index is 12.6. The molecule has 0 saturated carbocycles. The van der Waals surface area contributed by atoms with E-state index < -0.39 is 17.3 Å². The fraction of sp³-hybridized carbons (Fsp3) is 0.400. The molecule has 150 valence electrons. The van der Waals surface area contributed by atoms with Gasteiger partial charge in [-0.05, 0) is 42.7 Å². The Bertz CT molecular complexity index is 787. The molecular formula is C20H22F3N3O2. The Kier molecular flexibility index (Phi) is 5.88. The van der Waals surface area contributed by atoms with Gasteiger partial charge in [0.2, 0.25) is 0 Å². The van der Waals surface area contributed by atoms with E-state index in [-0.39, 0.29) is 12.6 Å². The Labute approximate surface area is 161 Å². The summed E-state index contributed by atoms with van der Waals surface area (Å²) in [4.78, 5) is 18.5. The maximum Gasteiger partial charge on any atom is 0.416 e. The lowest BCUT2D eigenvalue weighted by Gasteiger charge is -2.40. The third-order valence-corrected chi connectivity index (χ3v) is 5.11. The lowest BCUT2D eigenvalue weighted by atomic mass is 9.87. The normalized spacial score (nSPS) is 16.6. The molecule has 3 rings (SSSR count). The van der Waals surface area contributed by atoms with Gasteiger partial charge in [0, 0.05) is 32.9 Å². The van der Waals surface area contributed by atoms with Crippen LogP contribution in [0, 0.1) is 0 Å². The van der Waals surface area contributed by atoms with Crippen molar-refractivity contribution in [2.45, 2.75) is 31.2 Å². The third-order valence-electron chi connectivity index (χ3n) is 5.11. The average Bonchev–Trinajstić information content (AvgIpc) is 2.72. The number of hydrogen-bond donors (Lipinski definition) is 1. The van der Waals surface area contributed by atoms with E-state index in [0.29, 0.717) is 31.5 Å². The number of benzene rings is 1. The number of halogens is 3. The Balaban J connectivity index is 1.54. The van der Waals surface area contributed by atoms with E-state index >= 15 is 0 Å². The molecule has 0 unspecified atom stereocenters. The van der Waals surface area contributed by atoms with Crippen LogP contribution in [0.4, 0.5) is 18.0 Å². The average molecular weight is 393 g/mol. The number of urea groups is 1. The number of alkyl halides is 3. The lowest BCUT2D eigenvalue weighted by Crippen LogP contribution is -2.49. The van der Waals surface area contributed by atoms with Gasteiger partial charge in [-0.15, -0.1) is 0 Å². The summed E-state index contributed by atoms with van der Waals surface area (Å²) >= 11 is 0. The van der Waals surface area contributed by atoms with Crippen LogP contribution in [0.5, 0.6) is 0 Å². The van der Waals surface area contributed by atoms with Crippen LogP contribution in [0.25, 0.3) is 0 Å². The SMILES string of the molecule is COC1(c2ccccn2)CCN(C(=O)NCc2ccc(C(F)(F)F)cc2)CC1. The number of hydrogen-bond acceptors (Lipinski definition) is 3. The monoisotopic (exact) mass is 393 g/mol. The Hall–Kier alpha value is -2.61. The molecule has 5 nitrogen and oxygen atoms in total. The number of likely N-dealkylation sites (tertiary alicyclic amines) is 1. The molecule has 1 fully saturated rings. The molecule has 28 heavy (non-hydrogen) atoms. The van der Waals surface area contributed by atoms with Crippen molar-refractivity contribution in [3.63, 3.8) is 0 Å². The van der Waals surface area contributed by atoms with Gasteiger partial charge in [0.25, 0.3) is 0 Å². The molecule has 2 heterocycles. The summed E-state index contributed by atoms with van der Waals surface area (Å²) in [6, 6.07) is 10.2. The summed E-state index contributed by atoms with van der Waals surface area (Å²) in [6.45, 7) is 1.18. The number of aromatic nitrogens is 1. The first-order valence-corrected chi connectivity index (χ1v) is 9.00. The van der Waals surface area contributed by atoms with E-state index in [1.165, 1.54) is 12.1 Å². The maximum atomic E-state index is 12.6. The van der Waals surface area contributed by atoms with Gasteiger partial charge in [0.1, 0.15) is 5.60 Å². The van der Waals surface area contributed by atoms with Crippen LogP contribution in [0.1, 0.15) is 29.7 Å². The van der Waals surface area contributed by atoms with Crippen LogP contribution in [0.3, 0.4) is 0 Å². The molecule has 1 aromatic heterocycles. The van der Waals surface area contributed by atoms with Crippen molar-refractivity contribution in [2.75, 3.05) is 20.2 Å². The van der Waals surface area contributed by atoms with Crippen molar-refractivity contribution in [1.29, 1.82) is 0 Å². The van der Waals surface area contributed by atoms with Crippen molar-refractivity contribution in [3.05, 3.63) is 65.5 Å². The molecule has 0 atom stereocenters. The molecular weight excluding hydrogens is 371 g/mol. The first kappa shape index (κ1) is 20.1. The van der Waals surface area contributed by atoms with Crippen molar-refractivity contribution in [2.24, 2.45) is 0 Å². The van der Waals surface area contributed by atoms with Crippen LogP contribution < -0.4 is 5.32 Å². The summed E-state index contributed by atoms with van der Waals surface area (Å²) in [5.74, 6) is 0. The molecule has 0 radical (unpaired) electrons. The smallest absolute Gasteiger partial charge is 0.372 e. The van der Waals surface area contributed by atoms with Crippen molar-refractivity contribution < 1.29 is 22.7 Å². The summed E-state index contributed by atoms with van der Waals surface area (Å²) in [5, 5.41) is 2.76. The van der Waals surface area contributed by atoms with Crippen LogP contribution in [-0.2, 0) is 23.1 Å². The number of nitrogens with zero attached hydrogens (tertiary/aromatic N) is 2. The fourth-order valence-electron chi connectivity index (χ4n) is 3.37. The Morgan fingerprint density at radius 3 is 2.39 bits per heavy atom. The standard InChI is InChI=1S/C20H22F3N3O2/c1-28-19(17-4-2-3-11-24-17)9-12-26(13-10-19)18(27)25-14-15-5-7-16(8-6-15)20(21,22)23/h2-8,11H,9-10,12-14H2,1H3,(H,25,27). The van der Waals surface area contributed by atoms with E-state index in [4.69, 9.17) is 4.74 Å². The first-order valence-electron chi connectivity index (χ1n) is 9.00. The van der Waals surface area contributed by atoms with Crippen molar-refractivity contribution in [3.8, 4) is 0 Å². The quantitative estimate of drug-likeness (QED) is 0.856. The molecule has 0 spiro atoms. The number of rotatable bonds is 4. The molecule has 2 aromatic rings. The van der Waals surface area contributed by atoms with Crippen LogP contribution in [0.2, 0.25) is 0 Å². The highest BCUT2D eigenvalue weighted by Crippen LogP contribution is 2.35. The number of ether oxygens (including phenoxy) is 1. The van der Waals surface area contributed by atoms with Crippen LogP contribution >= 0.6 is 0 Å². The van der Waals surface area contributed by atoms with Crippen LogP contribution in [-0.4, -0.2) is 36.1 Å². The van der Waals surface area contributed by atoms with Gasteiger partial charge < -0.3 is 15.0 Å². The zero-order chi connectivity index (χ0) is 20.2. The highest BCUT2D eigenvalue weighted by molar-refractivity contribution is 5.74. The van der Waals surface area contributed by atoms with E-state index in [0.717, 1.165) is 17.8 Å². The molecule has 2 amide bonds. The molecule has 8 heteroatoms. The van der Waals surface area contributed by atoms with Gasteiger partial charge >= 0.3 is 12.2 Å². The topological polar surface area (TPSA) is 54.5 Å². The van der Waals surface area contributed by atoms with Gasteiger partial charge in [0.05, 0.1) is 11.3 Å².